The monoisotopic (exact) mass is 672 g/mol. The number of carbonyl (C=O) groups is 2. The Balaban J connectivity index is 1.51. The van der Waals surface area contributed by atoms with Crippen molar-refractivity contribution < 1.29 is 53.3 Å². The van der Waals surface area contributed by atoms with Crippen molar-refractivity contribution in [2.24, 2.45) is 34.2 Å². The molecule has 262 valence electrons. The second kappa shape index (κ2) is 11.3. The number of ether oxygens (including phenoxy) is 6. The number of likely N-dealkylation sites (tertiary alicyclic amines) is 1. The van der Waals surface area contributed by atoms with Crippen LogP contribution in [0.25, 0.3) is 10.4 Å². The summed E-state index contributed by atoms with van der Waals surface area (Å²) in [7, 11) is 6.07. The first-order chi connectivity index (χ1) is 22.9. The van der Waals surface area contributed by atoms with Crippen molar-refractivity contribution in [2.45, 2.75) is 86.2 Å². The molecule has 3 N–H and O–H groups in total. The molecule has 5 aliphatic carbocycles. The number of benzene rings is 1. The molecule has 15 atom stereocenters. The van der Waals surface area contributed by atoms with E-state index in [0.29, 0.717) is 13.1 Å². The number of likely N-dealkylation sites (N-methyl/N-ethyl adjacent to an activating group) is 1. The van der Waals surface area contributed by atoms with Crippen LogP contribution in [-0.4, -0.2) is 133 Å². The summed E-state index contributed by atoms with van der Waals surface area (Å²) in [6.07, 6.45) is -6.34. The van der Waals surface area contributed by atoms with Gasteiger partial charge in [0.1, 0.15) is 29.5 Å². The minimum atomic E-state index is -1.95. The normalized spacial score (nSPS) is 48.1. The van der Waals surface area contributed by atoms with Gasteiger partial charge in [-0.05, 0) is 30.5 Å². The van der Waals surface area contributed by atoms with Crippen LogP contribution in [0.5, 0.6) is 0 Å². The number of fused-ring (bicyclic) bond motifs is 2. The molecular weight excluding hydrogens is 628 g/mol. The van der Waals surface area contributed by atoms with Gasteiger partial charge in [0.05, 0.1) is 29.6 Å². The van der Waals surface area contributed by atoms with Gasteiger partial charge in [0, 0.05) is 82.5 Å². The van der Waals surface area contributed by atoms with Crippen molar-refractivity contribution in [3.05, 3.63) is 40.3 Å². The molecule has 1 heterocycles. The Hall–Kier alpha value is -2.85. The van der Waals surface area contributed by atoms with Crippen LogP contribution in [0.2, 0.25) is 0 Å². The molecule has 6 unspecified atom stereocenters. The van der Waals surface area contributed by atoms with Crippen molar-refractivity contribution in [2.75, 3.05) is 41.5 Å². The van der Waals surface area contributed by atoms with Crippen molar-refractivity contribution in [3.8, 4) is 0 Å². The number of nitrogens with zero attached hydrogens (tertiary/aromatic N) is 4. The van der Waals surface area contributed by atoms with E-state index < -0.39 is 100 Å². The van der Waals surface area contributed by atoms with Gasteiger partial charge >= 0.3 is 11.9 Å². The van der Waals surface area contributed by atoms with Crippen LogP contribution in [0.15, 0.2) is 29.4 Å². The zero-order valence-electron chi connectivity index (χ0n) is 27.9. The zero-order chi connectivity index (χ0) is 34.6. The lowest BCUT2D eigenvalue weighted by molar-refractivity contribution is -0.328. The largest absolute Gasteiger partial charge is 0.455 e. The van der Waals surface area contributed by atoms with E-state index >= 15 is 0 Å². The summed E-state index contributed by atoms with van der Waals surface area (Å²) >= 11 is 0. The Labute approximate surface area is 278 Å². The second-order valence-electron chi connectivity index (χ2n) is 14.3. The Morgan fingerprint density at radius 2 is 1.81 bits per heavy atom. The maximum absolute atomic E-state index is 14.0. The minimum Gasteiger partial charge on any atom is -0.455 e. The number of aliphatic hydroxyl groups excluding tert-OH is 2. The van der Waals surface area contributed by atoms with E-state index in [2.05, 4.69) is 14.9 Å². The average molecular weight is 673 g/mol. The van der Waals surface area contributed by atoms with Crippen LogP contribution in [0.3, 0.4) is 0 Å². The summed E-state index contributed by atoms with van der Waals surface area (Å²) in [4.78, 5) is 32.3. The van der Waals surface area contributed by atoms with Gasteiger partial charge in [-0.2, -0.15) is 0 Å². The van der Waals surface area contributed by atoms with Crippen molar-refractivity contribution >= 4 is 17.6 Å². The third-order valence-corrected chi connectivity index (χ3v) is 13.2. The minimum absolute atomic E-state index is 0.0182. The third kappa shape index (κ3) is 3.74. The van der Waals surface area contributed by atoms with Gasteiger partial charge < -0.3 is 43.7 Å². The Kier molecular flexibility index (Phi) is 7.95. The number of hydrogen-bond donors (Lipinski definition) is 3. The summed E-state index contributed by atoms with van der Waals surface area (Å²) in [5.41, 5.74) is 3.39. The molecular formula is C33H44N4O11. The predicted molar refractivity (Wildman–Crippen MR) is 165 cm³/mol. The summed E-state index contributed by atoms with van der Waals surface area (Å²) in [5, 5.41) is 40.8. The fraction of sp³-hybridized carbons (Fsp3) is 0.758. The number of azide groups is 1. The molecule has 6 aliphatic rings. The van der Waals surface area contributed by atoms with E-state index in [0.717, 1.165) is 0 Å². The molecule has 0 aromatic heterocycles. The molecule has 48 heavy (non-hydrogen) atoms. The highest BCUT2D eigenvalue weighted by molar-refractivity contribution is 5.95. The van der Waals surface area contributed by atoms with Crippen molar-refractivity contribution in [1.82, 2.24) is 4.90 Å². The molecule has 15 heteroatoms. The topological polar surface area (TPSA) is 202 Å². The summed E-state index contributed by atoms with van der Waals surface area (Å²) in [6.45, 7) is 4.13. The van der Waals surface area contributed by atoms with Crippen molar-refractivity contribution in [1.29, 1.82) is 0 Å². The fourth-order valence-corrected chi connectivity index (χ4v) is 12.1. The van der Waals surface area contributed by atoms with Gasteiger partial charge in [-0.1, -0.05) is 30.2 Å². The first-order valence-corrected chi connectivity index (χ1v) is 16.4. The molecule has 1 aliphatic heterocycles. The first kappa shape index (κ1) is 33.6. The third-order valence-electron chi connectivity index (χ3n) is 13.2. The molecule has 1 aromatic carbocycles. The van der Waals surface area contributed by atoms with E-state index in [1.165, 1.54) is 26.2 Å². The molecule has 0 amide bonds. The van der Waals surface area contributed by atoms with Crippen LogP contribution in [0.4, 0.5) is 5.69 Å². The number of carbonyl (C=O) groups excluding carboxylic acids is 2. The molecule has 1 aromatic rings. The van der Waals surface area contributed by atoms with Gasteiger partial charge in [0.2, 0.25) is 0 Å². The van der Waals surface area contributed by atoms with Crippen LogP contribution in [-0.2, 0) is 33.2 Å². The van der Waals surface area contributed by atoms with Crippen LogP contribution >= 0.6 is 0 Å². The molecule has 1 saturated heterocycles. The summed E-state index contributed by atoms with van der Waals surface area (Å²) in [6, 6.07) is 5.71. The van der Waals surface area contributed by atoms with E-state index in [1.807, 2.05) is 6.92 Å². The highest BCUT2D eigenvalue weighted by Gasteiger charge is 2.92. The standard InChI is InChI=1S/C33H44N4O11/c1-7-37-14-31(46-6)19(39)12-20(43-3)32-17-13-30(42)27(47-29(41)16-10-8-9-11-18(16)35-36-34)21(17)33(48-15(2)38,26(40)28(30)45-5)22(25(32)37)23(44-4)24(31)32/h8-11,17,19-28,39-40,42H,7,12-14H2,1-6H3/t17?,19-,20+,21?,22?,23+,24?,25?,26+,27-,28+,30-,31+,32?,33-/m1/s1. The first-order valence-electron chi connectivity index (χ1n) is 16.4. The Bertz CT molecular complexity index is 1540. The molecule has 7 rings (SSSR count). The van der Waals surface area contributed by atoms with Gasteiger partial charge in [0.25, 0.3) is 0 Å². The van der Waals surface area contributed by atoms with E-state index in [1.54, 1.807) is 33.5 Å². The lowest BCUT2D eigenvalue weighted by Gasteiger charge is -2.69. The molecule has 1 spiro atoms. The smallest absolute Gasteiger partial charge is 0.338 e. The Morgan fingerprint density at radius 1 is 1.08 bits per heavy atom. The molecule has 0 radical (unpaired) electrons. The van der Waals surface area contributed by atoms with Crippen LogP contribution in [0, 0.1) is 29.1 Å². The highest BCUT2D eigenvalue weighted by Crippen LogP contribution is 2.79. The van der Waals surface area contributed by atoms with Crippen LogP contribution < -0.4 is 0 Å². The zero-order valence-corrected chi connectivity index (χ0v) is 27.9. The van der Waals surface area contributed by atoms with E-state index in [9.17, 15) is 24.9 Å². The lowest BCUT2D eigenvalue weighted by atomic mass is 9.44. The van der Waals surface area contributed by atoms with E-state index in [-0.39, 0.29) is 24.1 Å². The molecule has 6 fully saturated rings. The number of aliphatic hydroxyl groups is 3. The number of hydrogen-bond acceptors (Lipinski definition) is 13. The predicted octanol–water partition coefficient (Wildman–Crippen LogP) is 1.34. The number of rotatable bonds is 9. The molecule has 5 saturated carbocycles. The summed E-state index contributed by atoms with van der Waals surface area (Å²) < 4.78 is 37.7. The van der Waals surface area contributed by atoms with Gasteiger partial charge in [-0.25, -0.2) is 4.79 Å². The van der Waals surface area contributed by atoms with E-state index in [4.69, 9.17) is 34.0 Å². The molecule has 7 bridgehead atoms. The maximum Gasteiger partial charge on any atom is 0.338 e. The lowest BCUT2D eigenvalue weighted by Crippen LogP contribution is -2.82. The SMILES string of the molecule is CCN1C[C@@]2(OC)C3[C@@H](OC)C4C1C3(C1C[C@@]3(O)[C@H](OC(=O)c5ccccc5N=[N+]=[N-])C1[C@]4(OC(C)=O)[C@@H](O)[C@@H]3OC)[C@@H](OC)C[C@H]2O. The molecule has 15 nitrogen and oxygen atoms in total. The highest BCUT2D eigenvalue weighted by atomic mass is 16.6. The van der Waals surface area contributed by atoms with Gasteiger partial charge in [0.15, 0.2) is 5.60 Å². The number of methoxy groups -OCH3 is 4. The van der Waals surface area contributed by atoms with Gasteiger partial charge in [-0.15, -0.1) is 0 Å². The fourth-order valence-electron chi connectivity index (χ4n) is 12.1. The number of esters is 2. The quantitative estimate of drug-likeness (QED) is 0.147. The van der Waals surface area contributed by atoms with Gasteiger partial charge in [-0.3, -0.25) is 9.69 Å². The average Bonchev–Trinajstić information content (AvgIpc) is 3.44. The second-order valence-corrected chi connectivity index (χ2v) is 14.3. The maximum atomic E-state index is 14.0. The van der Waals surface area contributed by atoms with Crippen LogP contribution in [0.1, 0.15) is 37.0 Å². The number of piperidine rings is 1. The Morgan fingerprint density at radius 3 is 2.42 bits per heavy atom. The van der Waals surface area contributed by atoms with Crippen molar-refractivity contribution in [3.63, 3.8) is 0 Å². The summed E-state index contributed by atoms with van der Waals surface area (Å²) in [5.74, 6) is -4.42.